The lowest BCUT2D eigenvalue weighted by molar-refractivity contribution is 0.0971. The maximum absolute atomic E-state index is 13.8. The number of benzene rings is 3. The van der Waals surface area contributed by atoms with Gasteiger partial charge in [-0.1, -0.05) is 65.7 Å². The fourth-order valence-electron chi connectivity index (χ4n) is 4.68. The summed E-state index contributed by atoms with van der Waals surface area (Å²) in [6.07, 6.45) is 2.67. The molecule has 204 valence electrons. The Morgan fingerprint density at radius 1 is 0.625 bits per heavy atom. The molecule has 7 nitrogen and oxygen atoms in total. The number of carbonyl (C=O) groups is 1. The molecule has 1 atom stereocenters. The third-order valence-corrected chi connectivity index (χ3v) is 10.3. The number of Topliss-reactive ketones (excluding diaryl/α,β-unsaturated/α-hetero) is 1. The number of hydrogen-bond donors (Lipinski definition) is 0. The lowest BCUT2D eigenvalue weighted by atomic mass is 9.90. The Morgan fingerprint density at radius 2 is 1.12 bits per heavy atom. The minimum absolute atomic E-state index is 0.000930. The van der Waals surface area contributed by atoms with Crippen LogP contribution in [0, 0.1) is 13.8 Å². The quantitative estimate of drug-likeness (QED) is 0.209. The normalized spacial score (nSPS) is 12.8. The predicted octanol–water partition coefficient (Wildman–Crippen LogP) is 5.79. The van der Waals surface area contributed by atoms with Gasteiger partial charge in [0, 0.05) is 30.4 Å². The van der Waals surface area contributed by atoms with Gasteiger partial charge >= 0.3 is 0 Å². The summed E-state index contributed by atoms with van der Waals surface area (Å²) >= 11 is 0. The van der Waals surface area contributed by atoms with Crippen LogP contribution in [0.4, 0.5) is 0 Å². The van der Waals surface area contributed by atoms with E-state index in [1.54, 1.807) is 48.5 Å². The number of ketones is 1. The van der Waals surface area contributed by atoms with Gasteiger partial charge in [0.15, 0.2) is 5.78 Å². The van der Waals surface area contributed by atoms with Gasteiger partial charge < -0.3 is 0 Å². The maximum atomic E-state index is 13.8. The summed E-state index contributed by atoms with van der Waals surface area (Å²) in [5.41, 5.74) is 2.98. The van der Waals surface area contributed by atoms with Crippen LogP contribution in [0.25, 0.3) is 0 Å². The van der Waals surface area contributed by atoms with Crippen LogP contribution < -0.4 is 0 Å². The fourth-order valence-corrected chi connectivity index (χ4v) is 7.44. The van der Waals surface area contributed by atoms with Gasteiger partial charge in [0.05, 0.1) is 15.5 Å². The van der Waals surface area contributed by atoms with Gasteiger partial charge in [0.1, 0.15) is 0 Å². The third-order valence-electron chi connectivity index (χ3n) is 6.85. The molecule has 0 fully saturated rings. The molecule has 0 spiro atoms. The smallest absolute Gasteiger partial charge is 0.268 e. The molecule has 0 N–H and O–H groups in total. The van der Waals surface area contributed by atoms with E-state index in [1.807, 2.05) is 44.2 Å². The molecule has 5 aromatic rings. The lowest BCUT2D eigenvalue weighted by Gasteiger charge is -2.20. The highest BCUT2D eigenvalue weighted by Crippen LogP contribution is 2.32. The molecule has 0 saturated heterocycles. The second kappa shape index (κ2) is 10.7. The molecule has 5 rings (SSSR count). The monoisotopic (exact) mass is 572 g/mol. The van der Waals surface area contributed by atoms with E-state index in [-0.39, 0.29) is 21.9 Å². The number of aryl methyl sites for hydroxylation is 2. The number of hydrogen-bond acceptors (Lipinski definition) is 5. The Morgan fingerprint density at radius 3 is 1.70 bits per heavy atom. The van der Waals surface area contributed by atoms with Crippen LogP contribution in [-0.4, -0.2) is 30.6 Å². The summed E-state index contributed by atoms with van der Waals surface area (Å²) in [7, 11) is -7.97. The van der Waals surface area contributed by atoms with Crippen LogP contribution in [-0.2, 0) is 20.0 Å². The summed E-state index contributed by atoms with van der Waals surface area (Å²) in [6, 6.07) is 28.4. The van der Waals surface area contributed by atoms with E-state index in [1.165, 1.54) is 40.6 Å². The second-order valence-corrected chi connectivity index (χ2v) is 13.3. The molecular formula is C31H28N2O5S2. The largest absolute Gasteiger partial charge is 0.292 e. The van der Waals surface area contributed by atoms with Crippen molar-refractivity contribution in [1.82, 2.24) is 7.94 Å². The van der Waals surface area contributed by atoms with Gasteiger partial charge in [-0.15, -0.1) is 0 Å². The first-order valence-corrected chi connectivity index (χ1v) is 15.5. The fraction of sp³-hybridized carbons (Fsp3) is 0.129. The molecule has 0 aliphatic heterocycles. The van der Waals surface area contributed by atoms with Crippen LogP contribution in [0.15, 0.2) is 125 Å². The van der Waals surface area contributed by atoms with Gasteiger partial charge in [-0.05, 0) is 67.9 Å². The molecular weight excluding hydrogens is 544 g/mol. The van der Waals surface area contributed by atoms with Crippen molar-refractivity contribution < 1.29 is 21.6 Å². The Balaban J connectivity index is 1.55. The van der Waals surface area contributed by atoms with Crippen molar-refractivity contribution in [2.45, 2.75) is 36.0 Å². The Kier molecular flexibility index (Phi) is 7.35. The van der Waals surface area contributed by atoms with Crippen LogP contribution in [0.3, 0.4) is 0 Å². The van der Waals surface area contributed by atoms with E-state index in [9.17, 15) is 21.6 Å². The first-order chi connectivity index (χ1) is 19.1. The Hall–Kier alpha value is -4.21. The van der Waals surface area contributed by atoms with Gasteiger partial charge in [-0.2, -0.15) is 0 Å². The molecule has 9 heteroatoms. The second-order valence-electron chi connectivity index (χ2n) is 9.64. The average Bonchev–Trinajstić information content (AvgIpc) is 3.64. The summed E-state index contributed by atoms with van der Waals surface area (Å²) in [5.74, 6) is -1.09. The SMILES string of the molecule is Cc1ccc(S(=O)(=O)n2cccc2C(=O)CC(c2ccccc2)c2cccn2S(=O)(=O)c2ccc(C)cc2)cc1. The van der Waals surface area contributed by atoms with Crippen molar-refractivity contribution in [2.24, 2.45) is 0 Å². The standard InChI is InChI=1S/C31H28N2O5S2/c1-23-12-16-26(17-13-23)39(35,36)32-20-6-10-29(32)28(25-8-4-3-5-9-25)22-31(34)30-11-7-21-33(30)40(37,38)27-18-14-24(2)15-19-27/h3-21,28H,22H2,1-2H3. The summed E-state index contributed by atoms with van der Waals surface area (Å²) < 4.78 is 56.3. The predicted molar refractivity (Wildman–Crippen MR) is 154 cm³/mol. The first kappa shape index (κ1) is 27.4. The van der Waals surface area contributed by atoms with E-state index in [0.29, 0.717) is 5.69 Å². The molecule has 0 aliphatic carbocycles. The van der Waals surface area contributed by atoms with E-state index in [2.05, 4.69) is 0 Å². The summed E-state index contributed by atoms with van der Waals surface area (Å²) in [4.78, 5) is 14.0. The topological polar surface area (TPSA) is 95.2 Å². The van der Waals surface area contributed by atoms with E-state index in [0.717, 1.165) is 20.7 Å². The molecule has 0 bridgehead atoms. The molecule has 0 radical (unpaired) electrons. The zero-order valence-corrected chi connectivity index (χ0v) is 23.6. The Labute approximate surface area is 234 Å². The van der Waals surface area contributed by atoms with Crippen molar-refractivity contribution >= 4 is 25.8 Å². The Bertz CT molecular complexity index is 1870. The third kappa shape index (κ3) is 5.17. The molecule has 40 heavy (non-hydrogen) atoms. The molecule has 0 saturated carbocycles. The van der Waals surface area contributed by atoms with Crippen LogP contribution in [0.2, 0.25) is 0 Å². The molecule has 2 heterocycles. The number of aromatic nitrogens is 2. The molecule has 1 unspecified atom stereocenters. The zero-order chi connectivity index (χ0) is 28.5. The number of rotatable bonds is 9. The highest BCUT2D eigenvalue weighted by Gasteiger charge is 2.29. The highest BCUT2D eigenvalue weighted by atomic mass is 32.2. The highest BCUT2D eigenvalue weighted by molar-refractivity contribution is 7.90. The van der Waals surface area contributed by atoms with Gasteiger partial charge in [0.25, 0.3) is 20.0 Å². The van der Waals surface area contributed by atoms with Crippen LogP contribution >= 0.6 is 0 Å². The first-order valence-electron chi connectivity index (χ1n) is 12.7. The zero-order valence-electron chi connectivity index (χ0n) is 22.0. The van der Waals surface area contributed by atoms with Crippen molar-refractivity contribution in [1.29, 1.82) is 0 Å². The number of carbonyl (C=O) groups excluding carboxylic acids is 1. The van der Waals surface area contributed by atoms with Crippen molar-refractivity contribution in [2.75, 3.05) is 0 Å². The van der Waals surface area contributed by atoms with Gasteiger partial charge in [-0.25, -0.2) is 24.8 Å². The van der Waals surface area contributed by atoms with E-state index in [4.69, 9.17) is 0 Å². The summed E-state index contributed by atoms with van der Waals surface area (Å²) in [6.45, 7) is 3.74. The van der Waals surface area contributed by atoms with Crippen molar-refractivity contribution in [3.63, 3.8) is 0 Å². The minimum Gasteiger partial charge on any atom is -0.292 e. The van der Waals surface area contributed by atoms with Crippen molar-refractivity contribution in [3.8, 4) is 0 Å². The molecule has 0 amide bonds. The number of nitrogens with zero attached hydrogens (tertiary/aromatic N) is 2. The van der Waals surface area contributed by atoms with Gasteiger partial charge in [0.2, 0.25) is 0 Å². The molecule has 2 aromatic heterocycles. The maximum Gasteiger partial charge on any atom is 0.268 e. The van der Waals surface area contributed by atoms with E-state index >= 15 is 0 Å². The molecule has 0 aliphatic rings. The van der Waals surface area contributed by atoms with Crippen LogP contribution in [0.5, 0.6) is 0 Å². The lowest BCUT2D eigenvalue weighted by Crippen LogP contribution is -2.22. The summed E-state index contributed by atoms with van der Waals surface area (Å²) in [5, 5.41) is 0. The van der Waals surface area contributed by atoms with Crippen LogP contribution in [0.1, 0.15) is 45.2 Å². The minimum atomic E-state index is -4.02. The van der Waals surface area contributed by atoms with Crippen molar-refractivity contribution in [3.05, 3.63) is 144 Å². The average molecular weight is 573 g/mol. The molecule has 3 aromatic carbocycles. The van der Waals surface area contributed by atoms with Gasteiger partial charge in [-0.3, -0.25) is 4.79 Å². The van der Waals surface area contributed by atoms with E-state index < -0.39 is 31.7 Å².